The maximum atomic E-state index is 13.1. The van der Waals surface area contributed by atoms with Crippen molar-refractivity contribution in [1.29, 1.82) is 0 Å². The molecule has 6 nitrogen and oxygen atoms in total. The third kappa shape index (κ3) is 4.02. The van der Waals surface area contributed by atoms with Gasteiger partial charge in [-0.15, -0.1) is 0 Å². The van der Waals surface area contributed by atoms with Crippen LogP contribution in [0, 0.1) is 0 Å². The summed E-state index contributed by atoms with van der Waals surface area (Å²) in [5.41, 5.74) is -0.999. The van der Waals surface area contributed by atoms with Gasteiger partial charge in [0.2, 0.25) is 0 Å². The Morgan fingerprint density at radius 3 is 2.32 bits per heavy atom. The average molecular weight is 347 g/mol. The largest absolute Gasteiger partial charge is 0.474 e. The number of ether oxygens (including phenoxy) is 2. The van der Waals surface area contributed by atoms with E-state index in [0.29, 0.717) is 5.56 Å². The summed E-state index contributed by atoms with van der Waals surface area (Å²) in [6.45, 7) is 8.04. The molecule has 0 fully saturated rings. The van der Waals surface area contributed by atoms with Crippen LogP contribution in [0.1, 0.15) is 40.2 Å². The van der Waals surface area contributed by atoms with Crippen LogP contribution in [0.4, 0.5) is 0 Å². The predicted molar refractivity (Wildman–Crippen MR) is 93.2 cm³/mol. The normalized spacial score (nSPS) is 15.9. The summed E-state index contributed by atoms with van der Waals surface area (Å²) in [6, 6.07) is 8.94. The monoisotopic (exact) mass is 347 g/mol. The number of esters is 1. The van der Waals surface area contributed by atoms with Crippen LogP contribution in [0.2, 0.25) is 0 Å². The van der Waals surface area contributed by atoms with Crippen LogP contribution in [0.3, 0.4) is 0 Å². The molecule has 0 saturated heterocycles. The number of carbonyl (C=O) groups excluding carboxylic acids is 2. The zero-order valence-corrected chi connectivity index (χ0v) is 15.3. The van der Waals surface area contributed by atoms with E-state index in [4.69, 9.17) is 9.47 Å². The fourth-order valence-electron chi connectivity index (χ4n) is 2.47. The number of carbonyl (C=O) groups is 2. The second-order valence-electron chi connectivity index (χ2n) is 7.39. The molecule has 0 bridgehead atoms. The Labute approximate surface area is 148 Å². The van der Waals surface area contributed by atoms with Crippen LogP contribution in [-0.4, -0.2) is 46.4 Å². The highest BCUT2D eigenvalue weighted by atomic mass is 16.6. The summed E-state index contributed by atoms with van der Waals surface area (Å²) in [5.74, 6) is -0.693. The van der Waals surface area contributed by atoms with E-state index in [-0.39, 0.29) is 24.0 Å². The highest BCUT2D eigenvalue weighted by molar-refractivity contribution is 6.21. The van der Waals surface area contributed by atoms with Gasteiger partial charge in [-0.05, 0) is 40.2 Å². The summed E-state index contributed by atoms with van der Waals surface area (Å²) in [7, 11) is 0. The molecule has 1 aromatic rings. The molecule has 1 aliphatic heterocycles. The Bertz CT molecular complexity index is 686. The van der Waals surface area contributed by atoms with Gasteiger partial charge in [0.05, 0.1) is 5.57 Å². The number of aliphatic hydroxyl groups is 1. The zero-order valence-electron chi connectivity index (χ0n) is 15.3. The molecule has 0 saturated carbocycles. The smallest absolute Gasteiger partial charge is 0.332 e. The van der Waals surface area contributed by atoms with E-state index in [1.54, 1.807) is 58.9 Å². The number of benzene rings is 1. The Hall–Kier alpha value is -2.34. The third-order valence-corrected chi connectivity index (χ3v) is 3.89. The van der Waals surface area contributed by atoms with Crippen LogP contribution < -0.4 is 0 Å². The van der Waals surface area contributed by atoms with Crippen molar-refractivity contribution >= 4 is 17.4 Å². The first-order valence-electron chi connectivity index (χ1n) is 8.15. The van der Waals surface area contributed by atoms with Crippen LogP contribution >= 0.6 is 0 Å². The highest BCUT2D eigenvalue weighted by Crippen LogP contribution is 2.31. The number of hydrogen-bond acceptors (Lipinski definition) is 5. The molecule has 0 unspecified atom stereocenters. The van der Waals surface area contributed by atoms with Crippen LogP contribution in [0.15, 0.2) is 36.1 Å². The molecule has 0 aromatic heterocycles. The van der Waals surface area contributed by atoms with Crippen molar-refractivity contribution in [3.63, 3.8) is 0 Å². The lowest BCUT2D eigenvalue weighted by Gasteiger charge is -2.40. The number of hydrogen-bond donors (Lipinski definition) is 1. The molecule has 1 aromatic carbocycles. The minimum Gasteiger partial charge on any atom is -0.474 e. The Kier molecular flexibility index (Phi) is 5.23. The fourth-order valence-corrected chi connectivity index (χ4v) is 2.47. The number of rotatable bonds is 4. The number of aliphatic hydroxyl groups excluding tert-OH is 1. The van der Waals surface area contributed by atoms with Crippen molar-refractivity contribution in [1.82, 2.24) is 4.90 Å². The van der Waals surface area contributed by atoms with E-state index >= 15 is 0 Å². The SMILES string of the molecule is CC(C)(C)OC(=O)C(C)(C)N1COC(CO)=C(c2ccccc2)C1=O. The molecule has 0 spiro atoms. The second-order valence-corrected chi connectivity index (χ2v) is 7.39. The van der Waals surface area contributed by atoms with E-state index < -0.39 is 23.7 Å². The number of nitrogens with zero attached hydrogens (tertiary/aromatic N) is 1. The minimum absolute atomic E-state index is 0.128. The molecule has 0 atom stereocenters. The van der Waals surface area contributed by atoms with Crippen LogP contribution in [-0.2, 0) is 19.1 Å². The van der Waals surface area contributed by atoms with Gasteiger partial charge < -0.3 is 14.6 Å². The maximum absolute atomic E-state index is 13.1. The van der Waals surface area contributed by atoms with E-state index in [0.717, 1.165) is 0 Å². The first kappa shape index (κ1) is 19.0. The van der Waals surface area contributed by atoms with Gasteiger partial charge in [0.1, 0.15) is 23.5 Å². The van der Waals surface area contributed by atoms with E-state index in [9.17, 15) is 14.7 Å². The second kappa shape index (κ2) is 6.88. The standard InChI is InChI=1S/C19H25NO5/c1-18(2,3)25-17(23)19(4,5)20-12-24-14(11-21)15(16(20)22)13-9-7-6-8-10-13/h6-10,21H,11-12H2,1-5H3. The molecule has 25 heavy (non-hydrogen) atoms. The first-order valence-corrected chi connectivity index (χ1v) is 8.15. The molecule has 1 heterocycles. The summed E-state index contributed by atoms with van der Waals surface area (Å²) >= 11 is 0. The van der Waals surface area contributed by atoms with Crippen molar-refractivity contribution in [2.24, 2.45) is 0 Å². The van der Waals surface area contributed by atoms with Gasteiger partial charge in [-0.25, -0.2) is 4.79 Å². The molecule has 1 amide bonds. The zero-order chi connectivity index (χ0) is 18.8. The maximum Gasteiger partial charge on any atom is 0.332 e. The first-order chi connectivity index (χ1) is 11.6. The molecule has 1 N–H and O–H groups in total. The third-order valence-electron chi connectivity index (χ3n) is 3.89. The van der Waals surface area contributed by atoms with Crippen molar-refractivity contribution < 1.29 is 24.2 Å². The summed E-state index contributed by atoms with van der Waals surface area (Å²) in [6.07, 6.45) is 0. The minimum atomic E-state index is -1.22. The molecule has 136 valence electrons. The molecular weight excluding hydrogens is 322 g/mol. The highest BCUT2D eigenvalue weighted by Gasteiger charge is 2.44. The van der Waals surface area contributed by atoms with Crippen LogP contribution in [0.5, 0.6) is 0 Å². The van der Waals surface area contributed by atoms with Crippen molar-refractivity contribution in [2.75, 3.05) is 13.3 Å². The molecule has 0 aliphatic carbocycles. The van der Waals surface area contributed by atoms with Gasteiger partial charge in [0, 0.05) is 0 Å². The average Bonchev–Trinajstić information content (AvgIpc) is 2.53. The molecule has 2 rings (SSSR count). The van der Waals surface area contributed by atoms with Gasteiger partial charge in [-0.3, -0.25) is 9.69 Å². The lowest BCUT2D eigenvalue weighted by Crippen LogP contribution is -2.57. The summed E-state index contributed by atoms with van der Waals surface area (Å²) < 4.78 is 11.0. The number of amides is 1. The lowest BCUT2D eigenvalue weighted by atomic mass is 9.97. The Morgan fingerprint density at radius 1 is 1.20 bits per heavy atom. The summed E-state index contributed by atoms with van der Waals surface area (Å²) in [4.78, 5) is 27.0. The predicted octanol–water partition coefficient (Wildman–Crippen LogP) is 2.33. The molecule has 0 radical (unpaired) electrons. The quantitative estimate of drug-likeness (QED) is 0.846. The van der Waals surface area contributed by atoms with Gasteiger partial charge in [0.25, 0.3) is 5.91 Å². The molecule has 1 aliphatic rings. The van der Waals surface area contributed by atoms with Gasteiger partial charge in [-0.1, -0.05) is 30.3 Å². The Morgan fingerprint density at radius 2 is 1.80 bits per heavy atom. The Balaban J connectivity index is 2.38. The topological polar surface area (TPSA) is 76.1 Å². The van der Waals surface area contributed by atoms with Gasteiger partial charge in [0.15, 0.2) is 6.73 Å². The van der Waals surface area contributed by atoms with E-state index in [1.807, 2.05) is 6.07 Å². The van der Waals surface area contributed by atoms with Crippen molar-refractivity contribution in [3.8, 4) is 0 Å². The summed E-state index contributed by atoms with van der Waals surface area (Å²) in [5, 5.41) is 9.55. The van der Waals surface area contributed by atoms with E-state index in [1.165, 1.54) is 4.90 Å². The van der Waals surface area contributed by atoms with Gasteiger partial charge >= 0.3 is 5.97 Å². The van der Waals surface area contributed by atoms with Gasteiger partial charge in [-0.2, -0.15) is 0 Å². The fraction of sp³-hybridized carbons (Fsp3) is 0.474. The van der Waals surface area contributed by atoms with Crippen molar-refractivity contribution in [2.45, 2.75) is 45.8 Å². The van der Waals surface area contributed by atoms with Crippen molar-refractivity contribution in [3.05, 3.63) is 41.7 Å². The molecule has 6 heteroatoms. The lowest BCUT2D eigenvalue weighted by molar-refractivity contribution is -0.175. The molecular formula is C19H25NO5. The van der Waals surface area contributed by atoms with E-state index in [2.05, 4.69) is 0 Å². The van der Waals surface area contributed by atoms with Crippen LogP contribution in [0.25, 0.3) is 5.57 Å².